The second kappa shape index (κ2) is 5.87. The molecule has 0 saturated carbocycles. The fourth-order valence-electron chi connectivity index (χ4n) is 1.93. The third kappa shape index (κ3) is 3.51. The highest BCUT2D eigenvalue weighted by Gasteiger charge is 2.18. The van der Waals surface area contributed by atoms with E-state index >= 15 is 0 Å². The SMILES string of the molecule is Cc1cc(C)c(NS(=O)(=O)c2ccc(Cl)c(N)c2)c(Br)c1. The quantitative estimate of drug-likeness (QED) is 0.776. The first-order chi connectivity index (χ1) is 9.70. The molecule has 0 radical (unpaired) electrons. The minimum Gasteiger partial charge on any atom is -0.397 e. The van der Waals surface area contributed by atoms with Crippen LogP contribution in [0.5, 0.6) is 0 Å². The molecule has 7 heteroatoms. The van der Waals surface area contributed by atoms with E-state index in [2.05, 4.69) is 20.7 Å². The van der Waals surface area contributed by atoms with Crippen LogP contribution in [0.4, 0.5) is 11.4 Å². The van der Waals surface area contributed by atoms with E-state index in [1.165, 1.54) is 18.2 Å². The summed E-state index contributed by atoms with van der Waals surface area (Å²) in [7, 11) is -3.73. The molecule has 0 fully saturated rings. The highest BCUT2D eigenvalue weighted by molar-refractivity contribution is 9.10. The predicted octanol–water partition coefficient (Wildman–Crippen LogP) is 4.10. The number of anilines is 2. The molecule has 2 aromatic carbocycles. The fourth-order valence-corrected chi connectivity index (χ4v) is 4.14. The van der Waals surface area contributed by atoms with Crippen molar-refractivity contribution < 1.29 is 8.42 Å². The normalized spacial score (nSPS) is 11.4. The lowest BCUT2D eigenvalue weighted by molar-refractivity contribution is 0.601. The van der Waals surface area contributed by atoms with Crippen molar-refractivity contribution in [3.05, 3.63) is 51.0 Å². The Hall–Kier alpha value is -1.24. The molecular formula is C14H14BrClN2O2S. The van der Waals surface area contributed by atoms with Crippen molar-refractivity contribution in [2.75, 3.05) is 10.5 Å². The van der Waals surface area contributed by atoms with Gasteiger partial charge in [0, 0.05) is 4.47 Å². The lowest BCUT2D eigenvalue weighted by Crippen LogP contribution is -2.14. The van der Waals surface area contributed by atoms with Gasteiger partial charge < -0.3 is 5.73 Å². The van der Waals surface area contributed by atoms with Gasteiger partial charge in [-0.05, 0) is 65.2 Å². The number of rotatable bonds is 3. The Morgan fingerprint density at radius 3 is 2.43 bits per heavy atom. The van der Waals surface area contributed by atoms with Gasteiger partial charge in [-0.1, -0.05) is 17.7 Å². The average molecular weight is 390 g/mol. The zero-order valence-corrected chi connectivity index (χ0v) is 14.6. The number of nitrogens with one attached hydrogen (secondary N) is 1. The van der Waals surface area contributed by atoms with E-state index < -0.39 is 10.0 Å². The van der Waals surface area contributed by atoms with Crippen LogP contribution in [0, 0.1) is 13.8 Å². The molecule has 0 unspecified atom stereocenters. The van der Waals surface area contributed by atoms with E-state index in [1.807, 2.05) is 26.0 Å². The minimum absolute atomic E-state index is 0.0660. The van der Waals surface area contributed by atoms with Gasteiger partial charge in [0.1, 0.15) is 0 Å². The molecule has 21 heavy (non-hydrogen) atoms. The Morgan fingerprint density at radius 1 is 1.19 bits per heavy atom. The molecule has 4 nitrogen and oxygen atoms in total. The summed E-state index contributed by atoms with van der Waals surface area (Å²) in [5.41, 5.74) is 8.25. The Labute approximate surface area is 137 Å². The molecule has 0 aliphatic carbocycles. The van der Waals surface area contributed by atoms with Crippen LogP contribution in [0.25, 0.3) is 0 Å². The molecule has 0 aromatic heterocycles. The van der Waals surface area contributed by atoms with Crippen molar-refractivity contribution in [3.8, 4) is 0 Å². The maximum atomic E-state index is 12.4. The topological polar surface area (TPSA) is 72.2 Å². The summed E-state index contributed by atoms with van der Waals surface area (Å²) in [5.74, 6) is 0. The van der Waals surface area contributed by atoms with Gasteiger partial charge in [-0.15, -0.1) is 0 Å². The fraction of sp³-hybridized carbons (Fsp3) is 0.143. The van der Waals surface area contributed by atoms with E-state index in [9.17, 15) is 8.42 Å². The maximum absolute atomic E-state index is 12.4. The lowest BCUT2D eigenvalue weighted by atomic mass is 10.1. The second-order valence-corrected chi connectivity index (χ2v) is 7.67. The molecule has 0 aliphatic heterocycles. The molecular weight excluding hydrogens is 376 g/mol. The Kier molecular flexibility index (Phi) is 4.51. The van der Waals surface area contributed by atoms with Crippen molar-refractivity contribution in [2.45, 2.75) is 18.7 Å². The molecule has 2 rings (SSSR count). The van der Waals surface area contributed by atoms with E-state index in [0.29, 0.717) is 15.2 Å². The molecule has 0 heterocycles. The number of hydrogen-bond acceptors (Lipinski definition) is 3. The van der Waals surface area contributed by atoms with Crippen molar-refractivity contribution >= 4 is 48.9 Å². The summed E-state index contributed by atoms with van der Waals surface area (Å²) in [6.45, 7) is 3.78. The number of halogens is 2. The van der Waals surface area contributed by atoms with Crippen molar-refractivity contribution in [1.29, 1.82) is 0 Å². The van der Waals surface area contributed by atoms with E-state index in [0.717, 1.165) is 11.1 Å². The smallest absolute Gasteiger partial charge is 0.262 e. The third-order valence-corrected chi connectivity index (χ3v) is 5.26. The Morgan fingerprint density at radius 2 is 1.86 bits per heavy atom. The zero-order valence-electron chi connectivity index (χ0n) is 11.4. The van der Waals surface area contributed by atoms with E-state index in [1.54, 1.807) is 0 Å². The summed E-state index contributed by atoms with van der Waals surface area (Å²) < 4.78 is 28.1. The van der Waals surface area contributed by atoms with Crippen LogP contribution in [-0.4, -0.2) is 8.42 Å². The van der Waals surface area contributed by atoms with Gasteiger partial charge in [-0.2, -0.15) is 0 Å². The van der Waals surface area contributed by atoms with Gasteiger partial charge in [0.2, 0.25) is 0 Å². The first-order valence-corrected chi connectivity index (χ1v) is 8.71. The molecule has 0 aliphatic rings. The predicted molar refractivity (Wildman–Crippen MR) is 90.3 cm³/mol. The number of nitrogen functional groups attached to an aromatic ring is 1. The molecule has 0 spiro atoms. The molecule has 3 N–H and O–H groups in total. The van der Waals surface area contributed by atoms with Gasteiger partial charge in [-0.3, -0.25) is 4.72 Å². The Bertz CT molecular complexity index is 784. The maximum Gasteiger partial charge on any atom is 0.262 e. The molecule has 0 atom stereocenters. The van der Waals surface area contributed by atoms with Crippen LogP contribution in [0.1, 0.15) is 11.1 Å². The van der Waals surface area contributed by atoms with Crippen LogP contribution in [-0.2, 0) is 10.0 Å². The van der Waals surface area contributed by atoms with Crippen LogP contribution in [0.2, 0.25) is 5.02 Å². The molecule has 0 saturated heterocycles. The van der Waals surface area contributed by atoms with Crippen molar-refractivity contribution in [2.24, 2.45) is 0 Å². The summed E-state index contributed by atoms with van der Waals surface area (Å²) in [5, 5.41) is 0.321. The number of aryl methyl sites for hydroxylation is 2. The number of nitrogens with two attached hydrogens (primary N) is 1. The third-order valence-electron chi connectivity index (χ3n) is 2.95. The number of sulfonamides is 1. The first-order valence-electron chi connectivity index (χ1n) is 6.05. The van der Waals surface area contributed by atoms with Gasteiger partial charge in [0.25, 0.3) is 10.0 Å². The van der Waals surface area contributed by atoms with Gasteiger partial charge in [0.05, 0.1) is 21.3 Å². The van der Waals surface area contributed by atoms with Gasteiger partial charge in [-0.25, -0.2) is 8.42 Å². The highest BCUT2D eigenvalue weighted by Crippen LogP contribution is 2.31. The Balaban J connectivity index is 2.44. The standard InChI is InChI=1S/C14H14BrClN2O2S/c1-8-5-9(2)14(11(15)6-8)18-21(19,20)10-3-4-12(16)13(17)7-10/h3-7,18H,17H2,1-2H3. The summed E-state index contributed by atoms with van der Waals surface area (Å²) in [4.78, 5) is 0.0660. The van der Waals surface area contributed by atoms with Crippen LogP contribution in [0.3, 0.4) is 0 Å². The largest absolute Gasteiger partial charge is 0.397 e. The van der Waals surface area contributed by atoms with E-state index in [-0.39, 0.29) is 10.6 Å². The number of benzene rings is 2. The van der Waals surface area contributed by atoms with Gasteiger partial charge >= 0.3 is 0 Å². The summed E-state index contributed by atoms with van der Waals surface area (Å²) in [6.07, 6.45) is 0. The van der Waals surface area contributed by atoms with E-state index in [4.69, 9.17) is 17.3 Å². The molecule has 112 valence electrons. The zero-order chi connectivity index (χ0) is 15.8. The summed E-state index contributed by atoms with van der Waals surface area (Å²) >= 11 is 9.19. The monoisotopic (exact) mass is 388 g/mol. The minimum atomic E-state index is -3.73. The average Bonchev–Trinajstić information content (AvgIpc) is 2.37. The summed E-state index contributed by atoms with van der Waals surface area (Å²) in [6, 6.07) is 7.96. The first kappa shape index (κ1) is 16.1. The molecule has 0 amide bonds. The van der Waals surface area contributed by atoms with Crippen LogP contribution >= 0.6 is 27.5 Å². The van der Waals surface area contributed by atoms with Crippen LogP contribution < -0.4 is 10.5 Å². The van der Waals surface area contributed by atoms with Crippen molar-refractivity contribution in [3.63, 3.8) is 0 Å². The van der Waals surface area contributed by atoms with Crippen LogP contribution in [0.15, 0.2) is 39.7 Å². The highest BCUT2D eigenvalue weighted by atomic mass is 79.9. The number of hydrogen-bond donors (Lipinski definition) is 2. The molecule has 0 bridgehead atoms. The van der Waals surface area contributed by atoms with Gasteiger partial charge in [0.15, 0.2) is 0 Å². The second-order valence-electron chi connectivity index (χ2n) is 4.73. The lowest BCUT2D eigenvalue weighted by Gasteiger charge is -2.14. The molecule has 2 aromatic rings. The van der Waals surface area contributed by atoms with Crippen molar-refractivity contribution in [1.82, 2.24) is 0 Å².